The lowest BCUT2D eigenvalue weighted by Gasteiger charge is -2.07. The van der Waals surface area contributed by atoms with Gasteiger partial charge < -0.3 is 19.3 Å². The number of hydrogen-bond acceptors (Lipinski definition) is 6. The summed E-state index contributed by atoms with van der Waals surface area (Å²) in [6, 6.07) is 6.06. The second-order valence-corrected chi connectivity index (χ2v) is 7.88. The number of ether oxygens (including phenoxy) is 3. The van der Waals surface area contributed by atoms with Crippen molar-refractivity contribution in [3.63, 3.8) is 0 Å². The second-order valence-electron chi connectivity index (χ2n) is 4.74. The Kier molecular flexibility index (Phi) is 9.91. The van der Waals surface area contributed by atoms with Gasteiger partial charge in [0.05, 0.1) is 49.6 Å². The van der Waals surface area contributed by atoms with Gasteiger partial charge in [-0.2, -0.15) is 0 Å². The van der Waals surface area contributed by atoms with Crippen LogP contribution in [0, 0.1) is 7.14 Å². The molecular formula is C17H14Cl2I2O6. The number of esters is 2. The van der Waals surface area contributed by atoms with Gasteiger partial charge in [-0.05, 0) is 69.4 Å². The Bertz CT molecular complexity index is 811. The molecule has 0 saturated heterocycles. The van der Waals surface area contributed by atoms with E-state index in [1.165, 1.54) is 39.5 Å². The monoisotopic (exact) mass is 638 g/mol. The summed E-state index contributed by atoms with van der Waals surface area (Å²) in [5.41, 5.74) is 0.748. The highest BCUT2D eigenvalue weighted by molar-refractivity contribution is 14.1. The van der Waals surface area contributed by atoms with Crippen molar-refractivity contribution in [1.82, 2.24) is 0 Å². The van der Waals surface area contributed by atoms with Crippen LogP contribution in [0.2, 0.25) is 10.0 Å². The van der Waals surface area contributed by atoms with Crippen molar-refractivity contribution < 1.29 is 28.9 Å². The van der Waals surface area contributed by atoms with Gasteiger partial charge in [0, 0.05) is 0 Å². The predicted octanol–water partition coefficient (Wildman–Crippen LogP) is 5.18. The van der Waals surface area contributed by atoms with Crippen molar-refractivity contribution in [3.05, 3.63) is 52.6 Å². The lowest BCUT2D eigenvalue weighted by atomic mass is 10.2. The molecule has 0 saturated carbocycles. The molecule has 1 N–H and O–H groups in total. The Morgan fingerprint density at radius 3 is 1.67 bits per heavy atom. The smallest absolute Gasteiger partial charge is 0.337 e. The topological polar surface area (TPSA) is 82.1 Å². The van der Waals surface area contributed by atoms with Crippen LogP contribution in [-0.2, 0) is 9.47 Å². The summed E-state index contributed by atoms with van der Waals surface area (Å²) in [6.45, 7) is 0. The van der Waals surface area contributed by atoms with Crippen molar-refractivity contribution in [1.29, 1.82) is 0 Å². The Hall–Kier alpha value is -0.980. The molecule has 0 bridgehead atoms. The van der Waals surface area contributed by atoms with Crippen LogP contribution in [0.15, 0.2) is 24.3 Å². The normalized spacial score (nSPS) is 9.74. The first-order chi connectivity index (χ1) is 12.7. The largest absolute Gasteiger partial charge is 0.505 e. The number of rotatable bonds is 3. The summed E-state index contributed by atoms with van der Waals surface area (Å²) in [4.78, 5) is 22.3. The Morgan fingerprint density at radius 2 is 1.30 bits per heavy atom. The molecule has 2 rings (SSSR count). The highest BCUT2D eigenvalue weighted by atomic mass is 127. The maximum Gasteiger partial charge on any atom is 0.337 e. The lowest BCUT2D eigenvalue weighted by molar-refractivity contribution is 0.0591. The van der Waals surface area contributed by atoms with Gasteiger partial charge in [0.15, 0.2) is 5.75 Å². The van der Waals surface area contributed by atoms with Crippen molar-refractivity contribution in [2.75, 3.05) is 21.3 Å². The van der Waals surface area contributed by atoms with Crippen molar-refractivity contribution in [2.45, 2.75) is 0 Å². The molecule has 0 atom stereocenters. The van der Waals surface area contributed by atoms with E-state index in [4.69, 9.17) is 27.9 Å². The van der Waals surface area contributed by atoms with Crippen LogP contribution < -0.4 is 4.74 Å². The number of methoxy groups -OCH3 is 3. The molecule has 10 heteroatoms. The van der Waals surface area contributed by atoms with E-state index in [0.717, 1.165) is 3.57 Å². The number of carbonyl (C=O) groups is 2. The van der Waals surface area contributed by atoms with E-state index in [-0.39, 0.29) is 10.8 Å². The summed E-state index contributed by atoms with van der Waals surface area (Å²) in [5, 5.41) is 9.84. The van der Waals surface area contributed by atoms with E-state index < -0.39 is 11.9 Å². The standard InChI is InChI=1S/C9H8ClIO3.C8H6ClIO3/c1-13-8-6(10)3-5(4-7(8)11)9(12)14-2;1-13-8(12)4-2-5(9)7(11)6(10)3-4/h3-4H,1-2H3;2-3,11H,1H3. The van der Waals surface area contributed by atoms with Crippen LogP contribution in [0.1, 0.15) is 20.7 Å². The first-order valence-electron chi connectivity index (χ1n) is 7.03. The summed E-state index contributed by atoms with van der Waals surface area (Å²) >= 11 is 15.5. The van der Waals surface area contributed by atoms with Gasteiger partial charge in [-0.1, -0.05) is 23.2 Å². The lowest BCUT2D eigenvalue weighted by Crippen LogP contribution is -2.02. The van der Waals surface area contributed by atoms with Crippen molar-refractivity contribution in [3.8, 4) is 11.5 Å². The predicted molar refractivity (Wildman–Crippen MR) is 119 cm³/mol. The van der Waals surface area contributed by atoms with Crippen LogP contribution in [0.25, 0.3) is 0 Å². The average Bonchev–Trinajstić information content (AvgIpc) is 2.64. The van der Waals surface area contributed by atoms with Gasteiger partial charge in [0.25, 0.3) is 0 Å². The molecule has 2 aromatic carbocycles. The second kappa shape index (κ2) is 11.1. The molecule has 6 nitrogen and oxygen atoms in total. The Balaban J connectivity index is 0.000000271. The zero-order chi connectivity index (χ0) is 20.7. The third-order valence-electron chi connectivity index (χ3n) is 3.06. The van der Waals surface area contributed by atoms with Gasteiger partial charge >= 0.3 is 11.9 Å². The van der Waals surface area contributed by atoms with Crippen molar-refractivity contribution in [2.24, 2.45) is 0 Å². The SMILES string of the molecule is COC(=O)c1cc(Cl)c(O)c(I)c1.COC(=O)c1cc(Cl)c(OC)c(I)c1. The Labute approximate surface area is 193 Å². The highest BCUT2D eigenvalue weighted by Gasteiger charge is 2.13. The highest BCUT2D eigenvalue weighted by Crippen LogP contribution is 2.31. The summed E-state index contributed by atoms with van der Waals surface area (Å²) < 4.78 is 15.4. The quantitative estimate of drug-likeness (QED) is 0.369. The number of phenols is 1. The number of carbonyl (C=O) groups excluding carboxylic acids is 2. The molecule has 0 aliphatic heterocycles. The van der Waals surface area contributed by atoms with E-state index in [0.29, 0.717) is 25.5 Å². The Morgan fingerprint density at radius 1 is 0.852 bits per heavy atom. The van der Waals surface area contributed by atoms with E-state index in [9.17, 15) is 14.7 Å². The fourth-order valence-corrected chi connectivity index (χ4v) is 4.10. The molecule has 0 aromatic heterocycles. The minimum atomic E-state index is -0.472. The van der Waals surface area contributed by atoms with Gasteiger partial charge in [-0.25, -0.2) is 9.59 Å². The van der Waals surface area contributed by atoms with Crippen LogP contribution in [0.3, 0.4) is 0 Å². The number of aromatic hydroxyl groups is 1. The minimum Gasteiger partial charge on any atom is -0.505 e. The molecule has 0 aliphatic carbocycles. The zero-order valence-corrected chi connectivity index (χ0v) is 20.1. The molecule has 0 radical (unpaired) electrons. The molecule has 0 amide bonds. The molecular weight excluding hydrogens is 625 g/mol. The summed E-state index contributed by atoms with van der Waals surface area (Å²) in [6.07, 6.45) is 0. The fourth-order valence-electron chi connectivity index (χ4n) is 1.79. The van der Waals surface area contributed by atoms with Crippen LogP contribution in [0.5, 0.6) is 11.5 Å². The minimum absolute atomic E-state index is 0.0186. The summed E-state index contributed by atoms with van der Waals surface area (Å²) in [5.74, 6) is -0.331. The number of halogens is 4. The van der Waals surface area contributed by atoms with E-state index in [1.807, 2.05) is 45.2 Å². The van der Waals surface area contributed by atoms with E-state index in [1.54, 1.807) is 6.07 Å². The van der Waals surface area contributed by atoms with Crippen molar-refractivity contribution >= 4 is 80.3 Å². The summed E-state index contributed by atoms with van der Waals surface area (Å²) in [7, 11) is 4.14. The maximum absolute atomic E-state index is 11.2. The first kappa shape index (κ1) is 24.1. The molecule has 0 aliphatic rings. The fraction of sp³-hybridized carbons (Fsp3) is 0.176. The van der Waals surface area contributed by atoms with Gasteiger partial charge in [-0.15, -0.1) is 0 Å². The van der Waals surface area contributed by atoms with Crippen LogP contribution >= 0.6 is 68.4 Å². The van der Waals surface area contributed by atoms with Crippen LogP contribution in [-0.4, -0.2) is 38.4 Å². The first-order valence-corrected chi connectivity index (χ1v) is 9.95. The molecule has 0 unspecified atom stereocenters. The molecule has 0 heterocycles. The molecule has 0 fully saturated rings. The van der Waals surface area contributed by atoms with Gasteiger partial charge in [0.1, 0.15) is 5.75 Å². The van der Waals surface area contributed by atoms with E-state index >= 15 is 0 Å². The number of phenolic OH excluding ortho intramolecular Hbond substituents is 1. The third kappa shape index (κ3) is 6.54. The molecule has 27 heavy (non-hydrogen) atoms. The molecule has 2 aromatic rings. The molecule has 0 spiro atoms. The zero-order valence-electron chi connectivity index (χ0n) is 14.3. The number of hydrogen-bond donors (Lipinski definition) is 1. The maximum atomic E-state index is 11.2. The average molecular weight is 639 g/mol. The number of benzene rings is 2. The van der Waals surface area contributed by atoms with E-state index in [2.05, 4.69) is 9.47 Å². The molecule has 146 valence electrons. The van der Waals surface area contributed by atoms with Gasteiger partial charge in [0.2, 0.25) is 0 Å². The van der Waals surface area contributed by atoms with Gasteiger partial charge in [-0.3, -0.25) is 0 Å². The third-order valence-corrected chi connectivity index (χ3v) is 5.25. The van der Waals surface area contributed by atoms with Crippen LogP contribution in [0.4, 0.5) is 0 Å².